The molecule has 13 heavy (non-hydrogen) atoms. The second-order valence-corrected chi connectivity index (χ2v) is 4.98. The lowest BCUT2D eigenvalue weighted by Crippen LogP contribution is -2.21. The fourth-order valence-electron chi connectivity index (χ4n) is 1.69. The fourth-order valence-corrected chi connectivity index (χ4v) is 2.52. The van der Waals surface area contributed by atoms with Gasteiger partial charge in [0.2, 0.25) is 0 Å². The summed E-state index contributed by atoms with van der Waals surface area (Å²) in [7, 11) is 0. The van der Waals surface area contributed by atoms with Crippen molar-refractivity contribution in [3.05, 3.63) is 0 Å². The van der Waals surface area contributed by atoms with E-state index in [0.29, 0.717) is 10.4 Å². The summed E-state index contributed by atoms with van der Waals surface area (Å²) in [6.45, 7) is 0. The number of rotatable bonds is 2. The summed E-state index contributed by atoms with van der Waals surface area (Å²) in [5, 5.41) is 12.0. The molecule has 1 N–H and O–H groups in total. The summed E-state index contributed by atoms with van der Waals surface area (Å²) in [6, 6.07) is 0.594. The molecule has 1 aromatic rings. The minimum Gasteiger partial charge on any atom is -0.406 e. The average Bonchev–Trinajstić information content (AvgIpc) is 2.53. The molecule has 1 aliphatic carbocycles. The Morgan fingerprint density at radius 3 is 2.62 bits per heavy atom. The molecule has 1 aliphatic rings. The van der Waals surface area contributed by atoms with Crippen molar-refractivity contribution < 1.29 is 0 Å². The molecule has 0 bridgehead atoms. The van der Waals surface area contributed by atoms with Gasteiger partial charge >= 0.3 is 0 Å². The molecule has 0 spiro atoms. The van der Waals surface area contributed by atoms with Crippen molar-refractivity contribution in [2.75, 3.05) is 5.32 Å². The topological polar surface area (TPSA) is 37.8 Å². The van der Waals surface area contributed by atoms with Crippen molar-refractivity contribution in [1.29, 1.82) is 0 Å². The highest BCUT2D eigenvalue weighted by atomic mass is 32.2. The Kier molecular flexibility index (Phi) is 2.95. The predicted molar refractivity (Wildman–Crippen MR) is 56.0 cm³/mol. The first-order chi connectivity index (χ1) is 6.34. The highest BCUT2D eigenvalue weighted by molar-refractivity contribution is 7.62. The van der Waals surface area contributed by atoms with E-state index >= 15 is 0 Å². The highest BCUT2D eigenvalue weighted by Crippen LogP contribution is 2.23. The molecule has 1 heterocycles. The van der Waals surface area contributed by atoms with Gasteiger partial charge in [0.25, 0.3) is 0 Å². The second kappa shape index (κ2) is 4.19. The number of hydrogen-bond donors (Lipinski definition) is 1. The van der Waals surface area contributed by atoms with Crippen LogP contribution >= 0.6 is 11.3 Å². The Bertz CT molecular complexity index is 268. The van der Waals surface area contributed by atoms with Crippen LogP contribution in [0.5, 0.6) is 0 Å². The number of nitrogens with zero attached hydrogens (tertiary/aromatic N) is 2. The Labute approximate surface area is 87.4 Å². The summed E-state index contributed by atoms with van der Waals surface area (Å²) in [4.78, 5) is 0. The molecule has 1 aromatic heterocycles. The summed E-state index contributed by atoms with van der Waals surface area (Å²) in [6.07, 6.45) is 6.55. The van der Waals surface area contributed by atoms with Gasteiger partial charge in [0.15, 0.2) is 0 Å². The molecule has 5 heteroatoms. The maximum absolute atomic E-state index is 4.91. The molecule has 0 radical (unpaired) electrons. The van der Waals surface area contributed by atoms with Crippen molar-refractivity contribution in [2.45, 2.75) is 42.5 Å². The van der Waals surface area contributed by atoms with Gasteiger partial charge in [-0.25, -0.2) is 0 Å². The van der Waals surface area contributed by atoms with E-state index in [2.05, 4.69) is 15.5 Å². The number of anilines is 1. The molecule has 1 saturated carbocycles. The molecule has 0 aromatic carbocycles. The zero-order valence-electron chi connectivity index (χ0n) is 7.32. The molecule has 0 aliphatic heterocycles. The van der Waals surface area contributed by atoms with Crippen LogP contribution in [0.15, 0.2) is 4.34 Å². The first-order valence-corrected chi connectivity index (χ1v) is 5.84. The van der Waals surface area contributed by atoms with Gasteiger partial charge in [0.05, 0.1) is 0 Å². The zero-order chi connectivity index (χ0) is 9.10. The minimum absolute atomic E-state index is 0.594. The van der Waals surface area contributed by atoms with Crippen LogP contribution in [0.4, 0.5) is 5.13 Å². The average molecular weight is 214 g/mol. The van der Waals surface area contributed by atoms with E-state index in [0.717, 1.165) is 5.13 Å². The molecule has 0 atom stereocenters. The number of aromatic nitrogens is 2. The van der Waals surface area contributed by atoms with Gasteiger partial charge in [-0.1, -0.05) is 19.3 Å². The zero-order valence-corrected chi connectivity index (χ0v) is 8.96. The maximum atomic E-state index is 4.91. The van der Waals surface area contributed by atoms with E-state index in [-0.39, 0.29) is 0 Å². The SMILES string of the molecule is [S-]c1nnc(NC2CCCCC2)s1. The predicted octanol–water partition coefficient (Wildman–Crippen LogP) is 2.19. The third-order valence-corrected chi connectivity index (χ3v) is 3.32. The van der Waals surface area contributed by atoms with Crippen LogP contribution in [-0.2, 0) is 12.6 Å². The van der Waals surface area contributed by atoms with Gasteiger partial charge < -0.3 is 29.3 Å². The van der Waals surface area contributed by atoms with Crippen molar-refractivity contribution in [3.8, 4) is 0 Å². The largest absolute Gasteiger partial charge is 0.406 e. The summed E-state index contributed by atoms with van der Waals surface area (Å²) in [5.74, 6) is 0. The minimum atomic E-state index is 0.594. The van der Waals surface area contributed by atoms with Crippen molar-refractivity contribution in [2.24, 2.45) is 0 Å². The monoisotopic (exact) mass is 214 g/mol. The first kappa shape index (κ1) is 9.15. The standard InChI is InChI=1S/C8H13N3S2/c12-8-11-10-7(13-8)9-6-4-2-1-3-5-6/h6H,1-5H2,(H,9,10)(H,11,12)/p-1. The van der Waals surface area contributed by atoms with Gasteiger partial charge in [-0.3, -0.25) is 0 Å². The van der Waals surface area contributed by atoms with Gasteiger partial charge in [0, 0.05) is 6.04 Å². The Morgan fingerprint density at radius 2 is 2.00 bits per heavy atom. The molecular weight excluding hydrogens is 202 g/mol. The molecule has 0 saturated heterocycles. The quantitative estimate of drug-likeness (QED) is 0.766. The Hall–Kier alpha value is -0.420. The van der Waals surface area contributed by atoms with Crippen LogP contribution in [-0.4, -0.2) is 16.2 Å². The molecular formula is C8H12N3S2-. The smallest absolute Gasteiger partial charge is 0.110 e. The fraction of sp³-hybridized carbons (Fsp3) is 0.750. The van der Waals surface area contributed by atoms with Crippen LogP contribution in [0.1, 0.15) is 32.1 Å². The highest BCUT2D eigenvalue weighted by Gasteiger charge is 2.12. The molecule has 0 amide bonds. The van der Waals surface area contributed by atoms with E-state index in [1.807, 2.05) is 0 Å². The molecule has 0 unspecified atom stereocenters. The van der Waals surface area contributed by atoms with Gasteiger partial charge in [-0.2, -0.15) is 5.10 Å². The lowest BCUT2D eigenvalue weighted by atomic mass is 9.96. The van der Waals surface area contributed by atoms with Gasteiger partial charge in [-0.05, 0) is 17.2 Å². The van der Waals surface area contributed by atoms with E-state index in [9.17, 15) is 0 Å². The maximum Gasteiger partial charge on any atom is 0.110 e. The normalized spacial score (nSPS) is 18.8. The Morgan fingerprint density at radius 1 is 1.23 bits per heavy atom. The van der Waals surface area contributed by atoms with Crippen LogP contribution in [0.2, 0.25) is 0 Å². The lowest BCUT2D eigenvalue weighted by molar-refractivity contribution is 0.462. The lowest BCUT2D eigenvalue weighted by Gasteiger charge is -2.23. The molecule has 2 rings (SSSR count). The third-order valence-electron chi connectivity index (χ3n) is 2.34. The number of nitrogens with one attached hydrogen (secondary N) is 1. The Balaban J connectivity index is 1.89. The summed E-state index contributed by atoms with van der Waals surface area (Å²) < 4.78 is 0.623. The van der Waals surface area contributed by atoms with Crippen molar-refractivity contribution in [1.82, 2.24) is 10.2 Å². The first-order valence-electron chi connectivity index (χ1n) is 4.61. The molecule has 72 valence electrons. The van der Waals surface area contributed by atoms with E-state index in [1.165, 1.54) is 43.4 Å². The molecule has 3 nitrogen and oxygen atoms in total. The van der Waals surface area contributed by atoms with Crippen molar-refractivity contribution >= 4 is 29.1 Å². The van der Waals surface area contributed by atoms with Crippen LogP contribution in [0.3, 0.4) is 0 Å². The molecule has 1 fully saturated rings. The van der Waals surface area contributed by atoms with E-state index < -0.39 is 0 Å². The van der Waals surface area contributed by atoms with Crippen LogP contribution < -0.4 is 5.32 Å². The van der Waals surface area contributed by atoms with E-state index in [1.54, 1.807) is 0 Å². The number of hydrogen-bond acceptors (Lipinski definition) is 5. The van der Waals surface area contributed by atoms with Gasteiger partial charge in [0.1, 0.15) is 5.13 Å². The van der Waals surface area contributed by atoms with Crippen LogP contribution in [0, 0.1) is 0 Å². The van der Waals surface area contributed by atoms with Gasteiger partial charge in [-0.15, -0.1) is 5.10 Å². The third kappa shape index (κ3) is 2.51. The van der Waals surface area contributed by atoms with Crippen molar-refractivity contribution in [3.63, 3.8) is 0 Å². The summed E-state index contributed by atoms with van der Waals surface area (Å²) >= 11 is 6.37. The second-order valence-electron chi connectivity index (χ2n) is 3.35. The van der Waals surface area contributed by atoms with E-state index in [4.69, 9.17) is 12.6 Å². The van der Waals surface area contributed by atoms with Crippen LogP contribution in [0.25, 0.3) is 0 Å². The summed E-state index contributed by atoms with van der Waals surface area (Å²) in [5.41, 5.74) is 0.